The molecule has 0 radical (unpaired) electrons. The first-order chi connectivity index (χ1) is 14.1. The number of nitrogens with one attached hydrogen (secondary N) is 1. The van der Waals surface area contributed by atoms with Crippen LogP contribution >= 0.6 is 0 Å². The van der Waals surface area contributed by atoms with Gasteiger partial charge in [0, 0.05) is 0 Å². The number of allylic oxidation sites excluding steroid dienone is 2. The lowest BCUT2D eigenvalue weighted by molar-refractivity contribution is 0.0371. The number of hydrogen-bond acceptors (Lipinski definition) is 5. The number of carbonyl (C=O) groups excluding carboxylic acids is 2. The first kappa shape index (κ1) is 24.3. The minimum absolute atomic E-state index is 0.160. The van der Waals surface area contributed by atoms with Crippen molar-refractivity contribution in [3.8, 4) is 0 Å². The molecule has 0 bridgehead atoms. The summed E-state index contributed by atoms with van der Waals surface area (Å²) in [5.41, 5.74) is 0.889. The number of carbonyl (C=O) groups is 2. The van der Waals surface area contributed by atoms with Gasteiger partial charge in [-0.05, 0) is 37.3 Å². The molecule has 0 fully saturated rings. The highest BCUT2D eigenvalue weighted by Crippen LogP contribution is 2.12. The average molecular weight is 404 g/mol. The number of methoxy groups -OCH3 is 1. The minimum Gasteiger partial charge on any atom is -0.445 e. The molecule has 6 heteroatoms. The lowest BCUT2D eigenvalue weighted by Crippen LogP contribution is -2.44. The van der Waals surface area contributed by atoms with Gasteiger partial charge in [0.25, 0.3) is 0 Å². The van der Waals surface area contributed by atoms with E-state index in [-0.39, 0.29) is 6.61 Å². The molecule has 29 heavy (non-hydrogen) atoms. The molecule has 1 amide bonds. The molecule has 0 saturated carbocycles. The van der Waals surface area contributed by atoms with Crippen LogP contribution in [0.4, 0.5) is 9.59 Å². The molecule has 1 N–H and O–H groups in total. The monoisotopic (exact) mass is 403 g/mol. The van der Waals surface area contributed by atoms with Crippen LogP contribution in [0.1, 0.15) is 51.0 Å². The molecule has 0 heterocycles. The molecule has 6 nitrogen and oxygen atoms in total. The second-order valence-corrected chi connectivity index (χ2v) is 6.63. The van der Waals surface area contributed by atoms with Gasteiger partial charge >= 0.3 is 12.2 Å². The number of unbranched alkanes of at least 4 members (excludes halogenated alkanes) is 3. The van der Waals surface area contributed by atoms with E-state index in [1.54, 1.807) is 0 Å². The Balaban J connectivity index is 2.61. The number of hydrogen-bond donors (Lipinski definition) is 1. The van der Waals surface area contributed by atoms with Crippen LogP contribution in [0.3, 0.4) is 0 Å². The smallest absolute Gasteiger partial charge is 0.445 e. The third-order valence-electron chi connectivity index (χ3n) is 4.33. The SMILES string of the molecule is C=C[C@H](OC(=O)OC)[C@@H](CC/C=C/CCCCC)NC(=O)OCc1ccccc1. The summed E-state index contributed by atoms with van der Waals surface area (Å²) in [5.74, 6) is 0. The van der Waals surface area contributed by atoms with Gasteiger partial charge in [0.05, 0.1) is 13.2 Å². The first-order valence-electron chi connectivity index (χ1n) is 10.1. The van der Waals surface area contributed by atoms with Gasteiger partial charge in [-0.25, -0.2) is 9.59 Å². The lowest BCUT2D eigenvalue weighted by Gasteiger charge is -2.24. The van der Waals surface area contributed by atoms with E-state index in [1.165, 1.54) is 32.4 Å². The zero-order chi connectivity index (χ0) is 21.3. The molecule has 2 atom stereocenters. The third kappa shape index (κ3) is 11.0. The molecule has 0 aliphatic carbocycles. The zero-order valence-electron chi connectivity index (χ0n) is 17.5. The Morgan fingerprint density at radius 1 is 1.14 bits per heavy atom. The molecular weight excluding hydrogens is 370 g/mol. The average Bonchev–Trinajstić information content (AvgIpc) is 2.75. The van der Waals surface area contributed by atoms with Gasteiger partial charge in [-0.15, -0.1) is 0 Å². The molecular formula is C23H33NO5. The van der Waals surface area contributed by atoms with Gasteiger partial charge in [-0.2, -0.15) is 0 Å². The standard InChI is InChI=1S/C23H33NO5/c1-4-6-7-8-9-10-14-17-20(21(5-2)29-23(26)27-3)24-22(25)28-18-19-15-12-11-13-16-19/h5,9-13,15-16,20-21H,2,4,6-8,14,17-18H2,1,3H3,(H,24,25)/b10-9+/t20-,21+/m1/s1. The highest BCUT2D eigenvalue weighted by atomic mass is 16.7. The van der Waals surface area contributed by atoms with E-state index in [0.717, 1.165) is 18.4 Å². The molecule has 0 saturated heterocycles. The summed E-state index contributed by atoms with van der Waals surface area (Å²) < 4.78 is 15.1. The number of ether oxygens (including phenoxy) is 3. The predicted octanol–water partition coefficient (Wildman–Crippen LogP) is 5.54. The topological polar surface area (TPSA) is 73.9 Å². The van der Waals surface area contributed by atoms with Gasteiger partial charge < -0.3 is 19.5 Å². The molecule has 0 spiro atoms. The fraction of sp³-hybridized carbons (Fsp3) is 0.478. The van der Waals surface area contributed by atoms with Crippen molar-refractivity contribution in [3.63, 3.8) is 0 Å². The fourth-order valence-electron chi connectivity index (χ4n) is 2.71. The Bertz CT molecular complexity index is 629. The summed E-state index contributed by atoms with van der Waals surface area (Å²) in [7, 11) is 1.23. The van der Waals surface area contributed by atoms with E-state index in [4.69, 9.17) is 9.47 Å². The maximum absolute atomic E-state index is 12.3. The fourth-order valence-corrected chi connectivity index (χ4v) is 2.71. The van der Waals surface area contributed by atoms with Crippen molar-refractivity contribution in [2.24, 2.45) is 0 Å². The molecule has 1 aromatic carbocycles. The van der Waals surface area contributed by atoms with E-state index in [2.05, 4.69) is 35.7 Å². The summed E-state index contributed by atoms with van der Waals surface area (Å²) in [6.45, 7) is 6.04. The molecule has 160 valence electrons. The van der Waals surface area contributed by atoms with Crippen molar-refractivity contribution in [1.82, 2.24) is 5.32 Å². The van der Waals surface area contributed by atoms with Gasteiger partial charge in [0.1, 0.15) is 12.7 Å². The van der Waals surface area contributed by atoms with E-state index < -0.39 is 24.4 Å². The number of amides is 1. The van der Waals surface area contributed by atoms with Crippen LogP contribution < -0.4 is 5.32 Å². The number of rotatable bonds is 13. The quantitative estimate of drug-likeness (QED) is 0.266. The largest absolute Gasteiger partial charge is 0.508 e. The van der Waals surface area contributed by atoms with Crippen molar-refractivity contribution in [1.29, 1.82) is 0 Å². The second kappa shape index (κ2) is 15.2. The summed E-state index contributed by atoms with van der Waals surface area (Å²) in [6.07, 6.45) is 9.48. The van der Waals surface area contributed by atoms with Crippen LogP contribution in [-0.2, 0) is 20.8 Å². The summed E-state index contributed by atoms with van der Waals surface area (Å²) in [6, 6.07) is 8.93. The molecule has 0 aliphatic heterocycles. The molecule has 1 rings (SSSR count). The maximum atomic E-state index is 12.3. The second-order valence-electron chi connectivity index (χ2n) is 6.63. The Morgan fingerprint density at radius 2 is 1.86 bits per heavy atom. The maximum Gasteiger partial charge on any atom is 0.508 e. The van der Waals surface area contributed by atoms with Gasteiger partial charge in [-0.3, -0.25) is 0 Å². The van der Waals surface area contributed by atoms with Gasteiger partial charge in [0.15, 0.2) is 0 Å². The van der Waals surface area contributed by atoms with Crippen LogP contribution in [0, 0.1) is 0 Å². The molecule has 0 aromatic heterocycles. The van der Waals surface area contributed by atoms with E-state index in [1.807, 2.05) is 30.3 Å². The Kier molecular flexibility index (Phi) is 12.7. The normalized spacial score (nSPS) is 12.8. The van der Waals surface area contributed by atoms with Crippen molar-refractivity contribution in [2.45, 2.75) is 64.2 Å². The Hall–Kier alpha value is -2.76. The van der Waals surface area contributed by atoms with E-state index in [0.29, 0.717) is 6.42 Å². The Morgan fingerprint density at radius 3 is 2.52 bits per heavy atom. The highest BCUT2D eigenvalue weighted by Gasteiger charge is 2.25. The van der Waals surface area contributed by atoms with Crippen LogP contribution in [0.25, 0.3) is 0 Å². The Labute approximate surface area is 173 Å². The summed E-state index contributed by atoms with van der Waals surface area (Å²) in [4.78, 5) is 23.8. The third-order valence-corrected chi connectivity index (χ3v) is 4.33. The highest BCUT2D eigenvalue weighted by molar-refractivity contribution is 5.68. The van der Waals surface area contributed by atoms with Crippen molar-refractivity contribution < 1.29 is 23.8 Å². The van der Waals surface area contributed by atoms with Gasteiger partial charge in [0.2, 0.25) is 0 Å². The van der Waals surface area contributed by atoms with Crippen LogP contribution in [0.15, 0.2) is 55.1 Å². The summed E-state index contributed by atoms with van der Waals surface area (Å²) >= 11 is 0. The molecule has 0 aliphatic rings. The lowest BCUT2D eigenvalue weighted by atomic mass is 10.0. The van der Waals surface area contributed by atoms with Crippen molar-refractivity contribution in [2.75, 3.05) is 7.11 Å². The van der Waals surface area contributed by atoms with E-state index in [9.17, 15) is 9.59 Å². The van der Waals surface area contributed by atoms with E-state index >= 15 is 0 Å². The van der Waals surface area contributed by atoms with Crippen molar-refractivity contribution in [3.05, 3.63) is 60.7 Å². The minimum atomic E-state index is -0.825. The van der Waals surface area contributed by atoms with Crippen LogP contribution in [0.2, 0.25) is 0 Å². The van der Waals surface area contributed by atoms with Crippen molar-refractivity contribution >= 4 is 12.2 Å². The predicted molar refractivity (Wildman–Crippen MR) is 114 cm³/mol. The van der Waals surface area contributed by atoms with Crippen LogP contribution in [-0.4, -0.2) is 31.5 Å². The molecule has 1 aromatic rings. The number of alkyl carbamates (subject to hydrolysis) is 1. The zero-order valence-corrected chi connectivity index (χ0v) is 17.5. The van der Waals surface area contributed by atoms with Gasteiger partial charge in [-0.1, -0.05) is 68.8 Å². The molecule has 0 unspecified atom stereocenters. The summed E-state index contributed by atoms with van der Waals surface area (Å²) in [5, 5.41) is 2.78. The van der Waals surface area contributed by atoms with Crippen LogP contribution in [0.5, 0.6) is 0 Å². The first-order valence-corrected chi connectivity index (χ1v) is 10.1. The number of benzene rings is 1.